The van der Waals surface area contributed by atoms with Crippen molar-refractivity contribution in [1.82, 2.24) is 0 Å². The SMILES string of the molecule is O=S(=O)(OC1(c2ccccc2)SCCS1)c1ccc(Cl)cc1. The summed E-state index contributed by atoms with van der Waals surface area (Å²) < 4.78 is 29.9. The summed E-state index contributed by atoms with van der Waals surface area (Å²) in [6.45, 7) is 0. The van der Waals surface area contributed by atoms with Crippen LogP contribution < -0.4 is 0 Å². The highest BCUT2D eigenvalue weighted by Gasteiger charge is 2.43. The predicted octanol–water partition coefficient (Wildman–Crippen LogP) is 4.34. The summed E-state index contributed by atoms with van der Waals surface area (Å²) in [6, 6.07) is 15.5. The zero-order chi connectivity index (χ0) is 15.6. The molecule has 3 rings (SSSR count). The molecule has 0 N–H and O–H groups in total. The first-order valence-electron chi connectivity index (χ1n) is 6.56. The molecule has 0 radical (unpaired) electrons. The fraction of sp³-hybridized carbons (Fsp3) is 0.200. The van der Waals surface area contributed by atoms with Crippen LogP contribution >= 0.6 is 35.1 Å². The Hall–Kier alpha value is -0.660. The number of thioether (sulfide) groups is 2. The molecule has 0 saturated carbocycles. The van der Waals surface area contributed by atoms with Gasteiger partial charge in [-0.05, 0) is 24.3 Å². The van der Waals surface area contributed by atoms with Crippen LogP contribution in [-0.2, 0) is 18.6 Å². The molecule has 2 aromatic carbocycles. The van der Waals surface area contributed by atoms with Crippen molar-refractivity contribution < 1.29 is 12.6 Å². The van der Waals surface area contributed by atoms with E-state index in [1.165, 1.54) is 35.7 Å². The lowest BCUT2D eigenvalue weighted by Gasteiger charge is -2.27. The van der Waals surface area contributed by atoms with Gasteiger partial charge in [0.2, 0.25) is 4.27 Å². The Morgan fingerprint density at radius 1 is 0.955 bits per heavy atom. The third kappa shape index (κ3) is 3.31. The number of hydrogen-bond donors (Lipinski definition) is 0. The first-order valence-corrected chi connectivity index (χ1v) is 10.3. The molecule has 7 heteroatoms. The van der Waals surface area contributed by atoms with Crippen LogP contribution in [-0.4, -0.2) is 19.9 Å². The maximum absolute atomic E-state index is 12.6. The van der Waals surface area contributed by atoms with Crippen molar-refractivity contribution in [2.45, 2.75) is 9.16 Å². The van der Waals surface area contributed by atoms with Crippen LogP contribution in [0.2, 0.25) is 5.02 Å². The lowest BCUT2D eigenvalue weighted by molar-refractivity contribution is 0.269. The molecule has 0 bridgehead atoms. The third-order valence-electron chi connectivity index (χ3n) is 3.12. The highest BCUT2D eigenvalue weighted by Crippen LogP contribution is 2.54. The van der Waals surface area contributed by atoms with Crippen molar-refractivity contribution in [3.63, 3.8) is 0 Å². The minimum absolute atomic E-state index is 0.111. The van der Waals surface area contributed by atoms with Crippen LogP contribution in [0.4, 0.5) is 0 Å². The van der Waals surface area contributed by atoms with Crippen LogP contribution in [0.15, 0.2) is 59.5 Å². The first-order chi connectivity index (χ1) is 10.5. The fourth-order valence-corrected chi connectivity index (χ4v) is 6.73. The van der Waals surface area contributed by atoms with E-state index in [0.717, 1.165) is 17.1 Å². The summed E-state index contributed by atoms with van der Waals surface area (Å²) in [4.78, 5) is 0.111. The van der Waals surface area contributed by atoms with E-state index in [2.05, 4.69) is 0 Å². The van der Waals surface area contributed by atoms with Crippen LogP contribution in [0, 0.1) is 0 Å². The lowest BCUT2D eigenvalue weighted by atomic mass is 10.2. The molecule has 22 heavy (non-hydrogen) atoms. The van der Waals surface area contributed by atoms with E-state index in [0.29, 0.717) is 5.02 Å². The second-order valence-electron chi connectivity index (χ2n) is 4.61. The van der Waals surface area contributed by atoms with Crippen LogP contribution in [0.5, 0.6) is 0 Å². The van der Waals surface area contributed by atoms with Crippen molar-refractivity contribution in [1.29, 1.82) is 0 Å². The molecule has 1 heterocycles. The van der Waals surface area contributed by atoms with Crippen LogP contribution in [0.1, 0.15) is 5.56 Å². The van der Waals surface area contributed by atoms with Crippen LogP contribution in [0.25, 0.3) is 0 Å². The van der Waals surface area contributed by atoms with Crippen molar-refractivity contribution >= 4 is 45.2 Å². The Balaban J connectivity index is 1.96. The highest BCUT2D eigenvalue weighted by atomic mass is 35.5. The zero-order valence-electron chi connectivity index (χ0n) is 11.4. The van der Waals surface area contributed by atoms with E-state index in [4.69, 9.17) is 15.8 Å². The second kappa shape index (κ2) is 6.45. The normalized spacial score (nSPS) is 17.5. The molecule has 0 aliphatic carbocycles. The van der Waals surface area contributed by atoms with Gasteiger partial charge < -0.3 is 0 Å². The molecule has 1 saturated heterocycles. The molecular weight excluding hydrogens is 360 g/mol. The summed E-state index contributed by atoms with van der Waals surface area (Å²) in [5.74, 6) is 1.69. The molecule has 0 spiro atoms. The average Bonchev–Trinajstić information content (AvgIpc) is 2.98. The highest BCUT2D eigenvalue weighted by molar-refractivity contribution is 8.20. The van der Waals surface area contributed by atoms with Gasteiger partial charge in [0.15, 0.2) is 0 Å². The van der Waals surface area contributed by atoms with E-state index in [-0.39, 0.29) is 4.90 Å². The quantitative estimate of drug-likeness (QED) is 0.747. The van der Waals surface area contributed by atoms with E-state index < -0.39 is 14.4 Å². The second-order valence-corrected chi connectivity index (χ2v) is 9.40. The summed E-state index contributed by atoms with van der Waals surface area (Å²) in [5.41, 5.74) is 0.847. The van der Waals surface area contributed by atoms with Gasteiger partial charge in [-0.15, -0.1) is 23.5 Å². The Bertz CT molecular complexity index is 739. The van der Waals surface area contributed by atoms with Gasteiger partial charge >= 0.3 is 0 Å². The Morgan fingerprint density at radius 3 is 2.14 bits per heavy atom. The lowest BCUT2D eigenvalue weighted by Crippen LogP contribution is -2.23. The van der Waals surface area contributed by atoms with Crippen molar-refractivity contribution in [2.24, 2.45) is 0 Å². The van der Waals surface area contributed by atoms with Gasteiger partial charge in [0.25, 0.3) is 10.1 Å². The average molecular weight is 373 g/mol. The van der Waals surface area contributed by atoms with E-state index in [1.54, 1.807) is 12.1 Å². The summed E-state index contributed by atoms with van der Waals surface area (Å²) >= 11 is 8.82. The van der Waals surface area contributed by atoms with Crippen molar-refractivity contribution in [2.75, 3.05) is 11.5 Å². The van der Waals surface area contributed by atoms with E-state index in [9.17, 15) is 8.42 Å². The van der Waals surface area contributed by atoms with Gasteiger partial charge in [-0.3, -0.25) is 0 Å². The minimum Gasteiger partial charge on any atom is -0.232 e. The number of benzene rings is 2. The molecule has 0 unspecified atom stereocenters. The van der Waals surface area contributed by atoms with E-state index in [1.807, 2.05) is 30.3 Å². The van der Waals surface area contributed by atoms with Gasteiger partial charge in [0.1, 0.15) is 0 Å². The molecule has 3 nitrogen and oxygen atoms in total. The maximum atomic E-state index is 12.6. The number of halogens is 1. The Labute approximate surface area is 143 Å². The zero-order valence-corrected chi connectivity index (χ0v) is 14.6. The first kappa shape index (κ1) is 16.2. The van der Waals surface area contributed by atoms with Gasteiger partial charge in [-0.1, -0.05) is 41.9 Å². The Morgan fingerprint density at radius 2 is 1.55 bits per heavy atom. The van der Waals surface area contributed by atoms with Gasteiger partial charge in [0.05, 0.1) is 4.90 Å². The molecule has 1 fully saturated rings. The largest absolute Gasteiger partial charge is 0.299 e. The third-order valence-corrected chi connectivity index (χ3v) is 8.08. The fourth-order valence-electron chi connectivity index (χ4n) is 2.09. The van der Waals surface area contributed by atoms with E-state index >= 15 is 0 Å². The smallest absolute Gasteiger partial charge is 0.232 e. The summed E-state index contributed by atoms with van der Waals surface area (Å²) in [5, 5.41) is 0.487. The predicted molar refractivity (Wildman–Crippen MR) is 92.8 cm³/mol. The topological polar surface area (TPSA) is 43.4 Å². The molecular formula is C15H13ClO3S3. The molecule has 1 aliphatic rings. The monoisotopic (exact) mass is 372 g/mol. The number of hydrogen-bond acceptors (Lipinski definition) is 5. The maximum Gasteiger partial charge on any atom is 0.299 e. The summed E-state index contributed by atoms with van der Waals surface area (Å²) in [7, 11) is -3.87. The minimum atomic E-state index is -3.87. The summed E-state index contributed by atoms with van der Waals surface area (Å²) in [6.07, 6.45) is 0. The van der Waals surface area contributed by atoms with Crippen LogP contribution in [0.3, 0.4) is 0 Å². The van der Waals surface area contributed by atoms with Gasteiger partial charge in [0, 0.05) is 22.1 Å². The van der Waals surface area contributed by atoms with Gasteiger partial charge in [-0.2, -0.15) is 8.42 Å². The molecule has 116 valence electrons. The van der Waals surface area contributed by atoms with Crippen molar-refractivity contribution in [3.8, 4) is 0 Å². The molecule has 2 aromatic rings. The Kier molecular flexibility index (Phi) is 4.75. The standard InChI is InChI=1S/C15H13ClO3S3/c16-13-6-8-14(9-7-13)22(17,18)19-15(20-10-11-21-15)12-4-2-1-3-5-12/h1-9H,10-11H2. The van der Waals surface area contributed by atoms with Gasteiger partial charge in [-0.25, -0.2) is 4.18 Å². The number of rotatable bonds is 4. The molecule has 0 amide bonds. The molecule has 0 aromatic heterocycles. The molecule has 1 aliphatic heterocycles. The molecule has 0 atom stereocenters. The van der Waals surface area contributed by atoms with Crippen molar-refractivity contribution in [3.05, 3.63) is 65.2 Å².